The summed E-state index contributed by atoms with van der Waals surface area (Å²) in [5.41, 5.74) is 2.34. The zero-order valence-electron chi connectivity index (χ0n) is 24.7. The molecule has 3 aliphatic rings. The van der Waals surface area contributed by atoms with Gasteiger partial charge in [0.15, 0.2) is 5.69 Å². The van der Waals surface area contributed by atoms with Gasteiger partial charge in [0, 0.05) is 55.8 Å². The summed E-state index contributed by atoms with van der Waals surface area (Å²) in [7, 11) is 1.59. The summed E-state index contributed by atoms with van der Waals surface area (Å²) in [4.78, 5) is 20.9. The summed E-state index contributed by atoms with van der Waals surface area (Å²) in [6.45, 7) is 12.8. The number of likely N-dealkylation sites (tertiary alicyclic amines) is 1. The topological polar surface area (TPSA) is 79.9 Å². The van der Waals surface area contributed by atoms with Gasteiger partial charge < -0.3 is 19.9 Å². The number of aromatic nitrogens is 3. The number of alkyl carbamates (subject to hydrolysis) is 1. The molecule has 2 aliphatic heterocycles. The van der Waals surface area contributed by atoms with Gasteiger partial charge in [-0.25, -0.2) is 14.0 Å². The fraction of sp³-hybridized carbons (Fsp3) is 0.515. The van der Waals surface area contributed by atoms with Crippen LogP contribution in [-0.4, -0.2) is 71.9 Å². The van der Waals surface area contributed by atoms with Crippen LogP contribution in [0.2, 0.25) is 0 Å². The number of benzene rings is 2. The van der Waals surface area contributed by atoms with Crippen molar-refractivity contribution in [3.8, 4) is 0 Å². The van der Waals surface area contributed by atoms with Gasteiger partial charge >= 0.3 is 6.09 Å². The van der Waals surface area contributed by atoms with E-state index in [4.69, 9.17) is 11.3 Å². The normalized spacial score (nSPS) is 22.9. The number of amides is 1. The number of ether oxygens (including phenoxy) is 1. The monoisotopic (exact) mass is 585 g/mol. The Morgan fingerprint density at radius 3 is 2.60 bits per heavy atom. The molecule has 3 fully saturated rings. The number of carbonyl (C=O) groups excluding carboxylic acids is 1. The zero-order chi connectivity index (χ0) is 29.8. The van der Waals surface area contributed by atoms with Crippen molar-refractivity contribution in [3.05, 3.63) is 83.7 Å². The van der Waals surface area contributed by atoms with Gasteiger partial charge in [-0.2, -0.15) is 0 Å². The minimum absolute atomic E-state index is 0.0294. The highest BCUT2D eigenvalue weighted by molar-refractivity contribution is 5.67. The second-order valence-electron chi connectivity index (χ2n) is 12.4. The maximum absolute atomic E-state index is 14.9. The lowest BCUT2D eigenvalue weighted by molar-refractivity contribution is 0.000248. The first kappa shape index (κ1) is 29.1. The Morgan fingerprint density at radius 1 is 1.14 bits per heavy atom. The Labute approximate surface area is 252 Å². The molecule has 3 heterocycles. The lowest BCUT2D eigenvalue weighted by atomic mass is 9.58. The summed E-state index contributed by atoms with van der Waals surface area (Å²) < 4.78 is 22.7. The number of anilines is 1. The quantitative estimate of drug-likeness (QED) is 0.345. The fourth-order valence-electron chi connectivity index (χ4n) is 7.94. The third-order valence-electron chi connectivity index (χ3n) is 9.97. The van der Waals surface area contributed by atoms with Crippen LogP contribution in [0.15, 0.2) is 60.9 Å². The van der Waals surface area contributed by atoms with E-state index in [1.807, 2.05) is 35.1 Å². The maximum atomic E-state index is 14.9. The molecule has 0 bridgehead atoms. The minimum Gasteiger partial charge on any atom is -0.446 e. The second-order valence-corrected chi connectivity index (χ2v) is 12.4. The number of rotatable bonds is 9. The lowest BCUT2D eigenvalue weighted by Crippen LogP contribution is -2.55. The van der Waals surface area contributed by atoms with Crippen LogP contribution in [0.25, 0.3) is 4.85 Å². The molecule has 1 saturated carbocycles. The third-order valence-corrected chi connectivity index (χ3v) is 9.97. The molecule has 43 heavy (non-hydrogen) atoms. The number of hydrogen-bond donors (Lipinski definition) is 1. The number of carbonyl (C=O) groups is 1. The van der Waals surface area contributed by atoms with Crippen molar-refractivity contribution in [1.29, 1.82) is 0 Å². The van der Waals surface area contributed by atoms with E-state index in [1.54, 1.807) is 25.4 Å². The van der Waals surface area contributed by atoms with Crippen molar-refractivity contribution in [2.24, 2.45) is 17.8 Å². The predicted molar refractivity (Wildman–Crippen MR) is 162 cm³/mol. The SMILES string of the molecule is [C-]#[N+]c1ccc(N2CC(CN3CCC(C(Cn4ccnn4)(c4cccc(F)c4)[C@H]4CCC[C@@H]4OC(=O)NC)CC3)C2)cc1. The zero-order valence-corrected chi connectivity index (χ0v) is 24.7. The molecule has 226 valence electrons. The lowest BCUT2D eigenvalue weighted by Gasteiger charge is -2.51. The molecule has 1 amide bonds. The molecule has 2 saturated heterocycles. The van der Waals surface area contributed by atoms with Gasteiger partial charge in [0.05, 0.1) is 19.3 Å². The first-order valence-electron chi connectivity index (χ1n) is 15.4. The largest absolute Gasteiger partial charge is 0.446 e. The Balaban J connectivity index is 1.20. The average molecular weight is 586 g/mol. The van der Waals surface area contributed by atoms with Crippen molar-refractivity contribution in [1.82, 2.24) is 25.2 Å². The van der Waals surface area contributed by atoms with Crippen LogP contribution in [0.4, 0.5) is 20.6 Å². The van der Waals surface area contributed by atoms with Gasteiger partial charge in [0.25, 0.3) is 0 Å². The fourth-order valence-corrected chi connectivity index (χ4v) is 7.94. The molecule has 3 atom stereocenters. The van der Waals surface area contributed by atoms with E-state index < -0.39 is 11.5 Å². The van der Waals surface area contributed by atoms with E-state index in [2.05, 4.69) is 36.3 Å². The van der Waals surface area contributed by atoms with Crippen LogP contribution in [0.1, 0.15) is 37.7 Å². The van der Waals surface area contributed by atoms with Crippen LogP contribution in [0.3, 0.4) is 0 Å². The molecule has 1 aliphatic carbocycles. The van der Waals surface area contributed by atoms with Gasteiger partial charge in [0.1, 0.15) is 11.9 Å². The highest BCUT2D eigenvalue weighted by Gasteiger charge is 2.53. The number of nitrogens with one attached hydrogen (secondary N) is 1. The molecule has 1 unspecified atom stereocenters. The number of nitrogens with zero attached hydrogens (tertiary/aromatic N) is 6. The van der Waals surface area contributed by atoms with E-state index in [0.29, 0.717) is 18.2 Å². The molecule has 0 spiro atoms. The Hall–Kier alpha value is -3.97. The van der Waals surface area contributed by atoms with Gasteiger partial charge in [-0.05, 0) is 80.9 Å². The van der Waals surface area contributed by atoms with Crippen LogP contribution in [-0.2, 0) is 16.7 Å². The molecular weight excluding hydrogens is 545 g/mol. The summed E-state index contributed by atoms with van der Waals surface area (Å²) in [6, 6.07) is 14.9. The summed E-state index contributed by atoms with van der Waals surface area (Å²) in [5.74, 6) is 0.646. The van der Waals surface area contributed by atoms with Crippen molar-refractivity contribution in [2.45, 2.75) is 50.2 Å². The average Bonchev–Trinajstić information content (AvgIpc) is 3.70. The van der Waals surface area contributed by atoms with E-state index in [0.717, 1.165) is 70.4 Å². The molecule has 2 aromatic carbocycles. The first-order valence-corrected chi connectivity index (χ1v) is 15.4. The van der Waals surface area contributed by atoms with E-state index in [9.17, 15) is 9.18 Å². The smallest absolute Gasteiger partial charge is 0.407 e. The molecule has 0 radical (unpaired) electrons. The highest BCUT2D eigenvalue weighted by atomic mass is 19.1. The van der Waals surface area contributed by atoms with Crippen molar-refractivity contribution in [2.75, 3.05) is 44.7 Å². The van der Waals surface area contributed by atoms with Crippen molar-refractivity contribution < 1.29 is 13.9 Å². The number of halogens is 1. The maximum Gasteiger partial charge on any atom is 0.407 e. The predicted octanol–water partition coefficient (Wildman–Crippen LogP) is 5.28. The number of hydrogen-bond acceptors (Lipinski definition) is 6. The highest BCUT2D eigenvalue weighted by Crippen LogP contribution is 2.52. The van der Waals surface area contributed by atoms with Gasteiger partial charge in [-0.1, -0.05) is 29.5 Å². The summed E-state index contributed by atoms with van der Waals surface area (Å²) in [6.07, 6.45) is 7.50. The van der Waals surface area contributed by atoms with Crippen LogP contribution in [0, 0.1) is 30.1 Å². The van der Waals surface area contributed by atoms with E-state index in [1.165, 1.54) is 11.8 Å². The van der Waals surface area contributed by atoms with Gasteiger partial charge in [0.2, 0.25) is 0 Å². The van der Waals surface area contributed by atoms with Crippen LogP contribution in [0.5, 0.6) is 0 Å². The Kier molecular flexibility index (Phi) is 8.61. The summed E-state index contributed by atoms with van der Waals surface area (Å²) in [5, 5.41) is 11.1. The molecule has 1 aromatic heterocycles. The standard InChI is InChI=1S/C33H40FN7O2/c1-35-28-9-11-29(12-10-28)40-21-24(22-40)20-39-16-13-25(14-17-39)33(23-41-18-15-37-38-41,26-5-3-6-27(34)19-26)30-7-4-8-31(30)43-32(42)36-2/h3,5-6,9-12,15,18-19,24-25,30-31H,4,7-8,13-14,16-17,20-23H2,2H3,(H,36,42)/t30-,31-,33?/m0/s1. The molecule has 1 N–H and O–H groups in total. The molecule has 3 aromatic rings. The van der Waals surface area contributed by atoms with E-state index >= 15 is 0 Å². The van der Waals surface area contributed by atoms with Gasteiger partial charge in [-0.3, -0.25) is 4.68 Å². The van der Waals surface area contributed by atoms with Gasteiger partial charge in [-0.15, -0.1) is 5.10 Å². The van der Waals surface area contributed by atoms with E-state index in [-0.39, 0.29) is 23.8 Å². The molecule has 9 nitrogen and oxygen atoms in total. The van der Waals surface area contributed by atoms with Crippen molar-refractivity contribution in [3.63, 3.8) is 0 Å². The van der Waals surface area contributed by atoms with Crippen molar-refractivity contribution >= 4 is 17.5 Å². The molecular formula is C33H40FN7O2. The number of piperidine rings is 1. The summed E-state index contributed by atoms with van der Waals surface area (Å²) >= 11 is 0. The van der Waals surface area contributed by atoms with Crippen LogP contribution >= 0.6 is 0 Å². The first-order chi connectivity index (χ1) is 21.0. The molecule has 6 rings (SSSR count). The minimum atomic E-state index is -0.470. The Morgan fingerprint density at radius 2 is 1.93 bits per heavy atom. The second kappa shape index (κ2) is 12.7. The third kappa shape index (κ3) is 6.09. The Bertz CT molecular complexity index is 1410. The van der Waals surface area contributed by atoms with Crippen LogP contribution < -0.4 is 10.2 Å². The molecule has 10 heteroatoms.